The first kappa shape index (κ1) is 43.4. The molecule has 2 atom stereocenters. The number of rotatable bonds is 22. The van der Waals surface area contributed by atoms with Crippen molar-refractivity contribution in [3.8, 4) is 47.5 Å². The lowest BCUT2D eigenvalue weighted by Crippen LogP contribution is -2.12. The van der Waals surface area contributed by atoms with E-state index in [2.05, 4.69) is 130 Å². The molecule has 2 unspecified atom stereocenters. The number of nitrogens with zero attached hydrogens (tertiary/aromatic N) is 2. The van der Waals surface area contributed by atoms with Crippen LogP contribution in [-0.2, 0) is 4.79 Å². The van der Waals surface area contributed by atoms with Crippen molar-refractivity contribution in [2.24, 2.45) is 11.8 Å². The molecule has 0 bridgehead atoms. The van der Waals surface area contributed by atoms with Crippen molar-refractivity contribution in [1.82, 2.24) is 0 Å². The van der Waals surface area contributed by atoms with E-state index in [1.165, 1.54) is 70.6 Å². The topological polar surface area (TPSA) is 82.8 Å². The lowest BCUT2D eigenvalue weighted by Gasteiger charge is -2.26. The molecule has 3 aromatic carbocycles. The van der Waals surface area contributed by atoms with Crippen molar-refractivity contribution in [2.45, 2.75) is 79.1 Å². The average molecular weight is 843 g/mol. The van der Waals surface area contributed by atoms with Gasteiger partial charge in [0.25, 0.3) is 0 Å². The van der Waals surface area contributed by atoms with Gasteiger partial charge in [-0.1, -0.05) is 78.4 Å². The highest BCUT2D eigenvalue weighted by Gasteiger charge is 2.17. The molecule has 0 aliphatic rings. The van der Waals surface area contributed by atoms with Crippen molar-refractivity contribution < 1.29 is 19.4 Å². The summed E-state index contributed by atoms with van der Waals surface area (Å²) in [5, 5.41) is 18.4. The number of hydrogen-bond acceptors (Lipinski definition) is 8. The minimum atomic E-state index is -1.22. The van der Waals surface area contributed by atoms with Crippen LogP contribution < -0.4 is 14.4 Å². The summed E-state index contributed by atoms with van der Waals surface area (Å²) in [4.78, 5) is 20.0. The van der Waals surface area contributed by atoms with Crippen molar-refractivity contribution in [3.63, 3.8) is 0 Å². The van der Waals surface area contributed by atoms with E-state index in [1.807, 2.05) is 12.1 Å². The molecule has 3 aromatic heterocycles. The Morgan fingerprint density at radius 1 is 0.627 bits per heavy atom. The van der Waals surface area contributed by atoms with E-state index >= 15 is 0 Å². The quantitative estimate of drug-likeness (QED) is 0.0541. The number of ether oxygens (including phenoxy) is 2. The van der Waals surface area contributed by atoms with Crippen LogP contribution in [0.25, 0.3) is 36.0 Å². The normalized spacial score (nSPS) is 12.5. The summed E-state index contributed by atoms with van der Waals surface area (Å²) in [5.41, 5.74) is 4.04. The number of unbranched alkanes of at least 4 members (excludes halogenated alkanes) is 2. The fourth-order valence-electron chi connectivity index (χ4n) is 6.90. The molecular weight excluding hydrogens is 789 g/mol. The molecule has 0 aliphatic heterocycles. The molecule has 1 N–H and O–H groups in total. The molecule has 3 heterocycles. The smallest absolute Gasteiger partial charge is 0.346 e. The number of hydrogen-bond donors (Lipinski definition) is 1. The van der Waals surface area contributed by atoms with E-state index < -0.39 is 5.97 Å². The lowest BCUT2D eigenvalue weighted by molar-refractivity contribution is -0.132. The maximum Gasteiger partial charge on any atom is 0.346 e. The third kappa shape index (κ3) is 11.8. The first-order valence-corrected chi connectivity index (χ1v) is 23.3. The Morgan fingerprint density at radius 2 is 1.05 bits per heavy atom. The Hall–Kier alpha value is -5.14. The SMILES string of the molecule is CCCCC(CC)COc1ccc(N(c2ccc(OCC(CC)CCCC)cc2)c2ccc(-c3ccc(-c4ccc(-c5ccc(/C=C(/C#N)C(=O)O)s5)s4)s3)cc2)cc1. The van der Waals surface area contributed by atoms with Crippen LogP contribution in [0.4, 0.5) is 17.1 Å². The fraction of sp³-hybridized carbons (Fsp3) is 0.320. The maximum atomic E-state index is 11.3. The third-order valence-electron chi connectivity index (χ3n) is 10.6. The number of carboxylic acid groups (broad SMARTS) is 1. The first-order valence-electron chi connectivity index (χ1n) is 20.8. The van der Waals surface area contributed by atoms with E-state index in [4.69, 9.17) is 14.7 Å². The number of aliphatic carboxylic acids is 1. The maximum absolute atomic E-state index is 11.3. The van der Waals surface area contributed by atoms with Crippen LogP contribution in [0, 0.1) is 23.2 Å². The molecule has 6 aromatic rings. The Labute approximate surface area is 362 Å². The van der Waals surface area contributed by atoms with Gasteiger partial charge in [0.05, 0.1) is 13.2 Å². The molecule has 0 radical (unpaired) electrons. The molecular formula is C50H54N2O4S3. The summed E-state index contributed by atoms with van der Waals surface area (Å²) < 4.78 is 12.6. The van der Waals surface area contributed by atoms with Crippen LogP contribution in [0.5, 0.6) is 11.5 Å². The van der Waals surface area contributed by atoms with Crippen LogP contribution in [0.1, 0.15) is 83.9 Å². The largest absolute Gasteiger partial charge is 0.493 e. The Kier molecular flexibility index (Phi) is 16.0. The molecule has 6 nitrogen and oxygen atoms in total. The highest BCUT2D eigenvalue weighted by molar-refractivity contribution is 7.27. The molecule has 0 spiro atoms. The molecule has 0 aliphatic carbocycles. The van der Waals surface area contributed by atoms with E-state index in [-0.39, 0.29) is 5.57 Å². The van der Waals surface area contributed by atoms with Gasteiger partial charge in [-0.3, -0.25) is 0 Å². The monoisotopic (exact) mass is 842 g/mol. The van der Waals surface area contributed by atoms with Crippen LogP contribution in [0.2, 0.25) is 0 Å². The van der Waals surface area contributed by atoms with Crippen LogP contribution >= 0.6 is 34.0 Å². The van der Waals surface area contributed by atoms with Gasteiger partial charge in [0.1, 0.15) is 23.1 Å². The summed E-state index contributed by atoms with van der Waals surface area (Å²) in [5.74, 6) is 1.71. The van der Waals surface area contributed by atoms with Gasteiger partial charge in [0, 0.05) is 46.3 Å². The standard InChI is InChI=1S/C50H54N2O4S3/c1-5-9-11-35(7-3)33-55-42-21-17-40(18-22-42)52(41-19-23-43(24-20-41)56-34-36(8-4)12-10-6-2)39-15-13-37(14-16-39)45-27-28-48(58-45)49-30-29-47(59-49)46-26-25-44(57-46)31-38(32-51)50(53)54/h13-31,35-36H,5-12,33-34H2,1-4H3,(H,53,54)/b38-31-. The highest BCUT2D eigenvalue weighted by Crippen LogP contribution is 2.43. The number of carbonyl (C=O) groups is 1. The fourth-order valence-corrected chi connectivity index (χ4v) is 10.1. The second-order valence-corrected chi connectivity index (χ2v) is 18.1. The van der Waals surface area contributed by atoms with Gasteiger partial charge in [-0.15, -0.1) is 34.0 Å². The minimum absolute atomic E-state index is 0.271. The summed E-state index contributed by atoms with van der Waals surface area (Å²) in [6.45, 7) is 10.5. The van der Waals surface area contributed by atoms with Crippen molar-refractivity contribution >= 4 is 63.1 Å². The first-order chi connectivity index (χ1) is 28.8. The zero-order chi connectivity index (χ0) is 41.6. The summed E-state index contributed by atoms with van der Waals surface area (Å²) in [6.07, 6.45) is 11.0. The molecule has 0 fully saturated rings. The van der Waals surface area contributed by atoms with E-state index in [0.29, 0.717) is 11.8 Å². The number of thiophene rings is 3. The van der Waals surface area contributed by atoms with Crippen molar-refractivity contribution in [3.05, 3.63) is 120 Å². The summed E-state index contributed by atoms with van der Waals surface area (Å²) in [6, 6.07) is 39.9. The number of anilines is 3. The molecule has 6 rings (SSSR count). The van der Waals surface area contributed by atoms with Crippen LogP contribution in [-0.4, -0.2) is 24.3 Å². The van der Waals surface area contributed by atoms with Crippen LogP contribution in [0.3, 0.4) is 0 Å². The Morgan fingerprint density at radius 3 is 1.49 bits per heavy atom. The average Bonchev–Trinajstić information content (AvgIpc) is 4.06. The molecule has 0 saturated heterocycles. The minimum Gasteiger partial charge on any atom is -0.493 e. The Balaban J connectivity index is 1.20. The zero-order valence-electron chi connectivity index (χ0n) is 34.5. The van der Waals surface area contributed by atoms with E-state index in [1.54, 1.807) is 28.7 Å². The summed E-state index contributed by atoms with van der Waals surface area (Å²) >= 11 is 4.95. The van der Waals surface area contributed by atoms with E-state index in [9.17, 15) is 9.90 Å². The van der Waals surface area contributed by atoms with E-state index in [0.717, 1.165) is 74.8 Å². The molecule has 59 heavy (non-hydrogen) atoms. The predicted molar refractivity (Wildman–Crippen MR) is 250 cm³/mol. The van der Waals surface area contributed by atoms with Gasteiger partial charge in [-0.2, -0.15) is 5.26 Å². The summed E-state index contributed by atoms with van der Waals surface area (Å²) in [7, 11) is 0. The van der Waals surface area contributed by atoms with Gasteiger partial charge >= 0.3 is 5.97 Å². The van der Waals surface area contributed by atoms with Gasteiger partial charge in [-0.05, 0) is 133 Å². The van der Waals surface area contributed by atoms with Gasteiger partial charge in [-0.25, -0.2) is 4.79 Å². The highest BCUT2D eigenvalue weighted by atomic mass is 32.1. The number of benzene rings is 3. The van der Waals surface area contributed by atoms with Gasteiger partial charge in [0.2, 0.25) is 0 Å². The molecule has 9 heteroatoms. The number of carboxylic acids is 1. The van der Waals surface area contributed by atoms with Crippen molar-refractivity contribution in [2.75, 3.05) is 18.1 Å². The number of nitriles is 1. The molecule has 0 amide bonds. The second kappa shape index (κ2) is 21.7. The Bertz CT molecular complexity index is 2230. The van der Waals surface area contributed by atoms with Gasteiger partial charge < -0.3 is 19.5 Å². The lowest BCUT2D eigenvalue weighted by atomic mass is 10.0. The second-order valence-electron chi connectivity index (χ2n) is 14.8. The third-order valence-corrected chi connectivity index (χ3v) is 14.3. The van der Waals surface area contributed by atoms with Crippen molar-refractivity contribution in [1.29, 1.82) is 5.26 Å². The predicted octanol–water partition coefficient (Wildman–Crippen LogP) is 15.5. The molecule has 306 valence electrons. The van der Waals surface area contributed by atoms with Crippen LogP contribution in [0.15, 0.2) is 115 Å². The molecule has 0 saturated carbocycles. The zero-order valence-corrected chi connectivity index (χ0v) is 36.9. The van der Waals surface area contributed by atoms with Gasteiger partial charge in [0.15, 0.2) is 0 Å².